The fourth-order valence-corrected chi connectivity index (χ4v) is 3.13. The SMILES string of the molecule is Cc1ccc2c(c1C)Cc1c-2[nH]c2ccccc12. The summed E-state index contributed by atoms with van der Waals surface area (Å²) in [5.74, 6) is 0. The standard InChI is InChI=1S/C17H15N/c1-10-7-8-13-14(11(10)2)9-15-12-5-3-4-6-16(12)18-17(13)15/h3-8,18H,9H2,1-2H3. The van der Waals surface area contributed by atoms with E-state index in [2.05, 4.69) is 55.2 Å². The van der Waals surface area contributed by atoms with Crippen LogP contribution in [0, 0.1) is 13.8 Å². The quantitative estimate of drug-likeness (QED) is 0.464. The van der Waals surface area contributed by atoms with Crippen molar-refractivity contribution < 1.29 is 0 Å². The van der Waals surface area contributed by atoms with Gasteiger partial charge in [0.1, 0.15) is 0 Å². The molecule has 1 nitrogen and oxygen atoms in total. The van der Waals surface area contributed by atoms with E-state index in [0.717, 1.165) is 6.42 Å². The Labute approximate surface area is 106 Å². The summed E-state index contributed by atoms with van der Waals surface area (Å²) in [5, 5.41) is 1.38. The fourth-order valence-electron chi connectivity index (χ4n) is 3.13. The summed E-state index contributed by atoms with van der Waals surface area (Å²) in [7, 11) is 0. The van der Waals surface area contributed by atoms with Crippen LogP contribution in [0.2, 0.25) is 0 Å². The lowest BCUT2D eigenvalue weighted by Gasteiger charge is -2.07. The highest BCUT2D eigenvalue weighted by molar-refractivity contribution is 5.94. The van der Waals surface area contributed by atoms with Crippen molar-refractivity contribution in [3.05, 3.63) is 58.7 Å². The van der Waals surface area contributed by atoms with E-state index < -0.39 is 0 Å². The third kappa shape index (κ3) is 1.11. The summed E-state index contributed by atoms with van der Waals surface area (Å²) in [5.41, 5.74) is 9.78. The van der Waals surface area contributed by atoms with Crippen molar-refractivity contribution in [2.24, 2.45) is 0 Å². The number of hydrogen-bond acceptors (Lipinski definition) is 0. The van der Waals surface area contributed by atoms with Crippen molar-refractivity contribution in [1.29, 1.82) is 0 Å². The van der Waals surface area contributed by atoms with Crippen LogP contribution in [0.5, 0.6) is 0 Å². The van der Waals surface area contributed by atoms with Crippen LogP contribution in [-0.4, -0.2) is 4.98 Å². The second-order valence-electron chi connectivity index (χ2n) is 5.23. The minimum absolute atomic E-state index is 1.07. The van der Waals surface area contributed by atoms with E-state index in [1.807, 2.05) is 0 Å². The third-order valence-electron chi connectivity index (χ3n) is 4.31. The molecule has 1 N–H and O–H groups in total. The summed E-state index contributed by atoms with van der Waals surface area (Å²) in [6, 6.07) is 13.1. The molecule has 18 heavy (non-hydrogen) atoms. The zero-order chi connectivity index (χ0) is 12.3. The van der Waals surface area contributed by atoms with Crippen molar-refractivity contribution in [3.8, 4) is 11.3 Å². The Morgan fingerprint density at radius 3 is 2.67 bits per heavy atom. The van der Waals surface area contributed by atoms with Gasteiger partial charge in [-0.3, -0.25) is 0 Å². The molecule has 1 aromatic heterocycles. The molecule has 4 rings (SSSR count). The van der Waals surface area contributed by atoms with Crippen LogP contribution in [0.15, 0.2) is 36.4 Å². The molecular weight excluding hydrogens is 218 g/mol. The number of fused-ring (bicyclic) bond motifs is 5. The van der Waals surface area contributed by atoms with E-state index in [-0.39, 0.29) is 0 Å². The average Bonchev–Trinajstić information content (AvgIpc) is 2.90. The molecule has 0 bridgehead atoms. The van der Waals surface area contributed by atoms with E-state index in [1.165, 1.54) is 44.4 Å². The van der Waals surface area contributed by atoms with Crippen molar-refractivity contribution >= 4 is 10.9 Å². The molecule has 0 amide bonds. The highest BCUT2D eigenvalue weighted by Crippen LogP contribution is 2.42. The van der Waals surface area contributed by atoms with E-state index in [0.29, 0.717) is 0 Å². The van der Waals surface area contributed by atoms with Crippen LogP contribution in [-0.2, 0) is 6.42 Å². The predicted octanol–water partition coefficient (Wildman–Crippen LogP) is 4.36. The summed E-state index contributed by atoms with van der Waals surface area (Å²) < 4.78 is 0. The number of rotatable bonds is 0. The van der Waals surface area contributed by atoms with Gasteiger partial charge >= 0.3 is 0 Å². The summed E-state index contributed by atoms with van der Waals surface area (Å²) in [4.78, 5) is 3.58. The first-order chi connectivity index (χ1) is 8.75. The zero-order valence-electron chi connectivity index (χ0n) is 10.7. The van der Waals surface area contributed by atoms with Gasteiger partial charge in [-0.15, -0.1) is 0 Å². The van der Waals surface area contributed by atoms with Gasteiger partial charge in [-0.05, 0) is 42.2 Å². The maximum Gasteiger partial charge on any atom is 0.0503 e. The van der Waals surface area contributed by atoms with Crippen LogP contribution < -0.4 is 0 Å². The van der Waals surface area contributed by atoms with Gasteiger partial charge in [-0.25, -0.2) is 0 Å². The largest absolute Gasteiger partial charge is 0.354 e. The molecule has 1 heteroatoms. The van der Waals surface area contributed by atoms with Gasteiger partial charge in [0.15, 0.2) is 0 Å². The highest BCUT2D eigenvalue weighted by Gasteiger charge is 2.24. The van der Waals surface area contributed by atoms with Crippen molar-refractivity contribution in [1.82, 2.24) is 4.98 Å². The van der Waals surface area contributed by atoms with Gasteiger partial charge in [0.2, 0.25) is 0 Å². The fraction of sp³-hybridized carbons (Fsp3) is 0.176. The van der Waals surface area contributed by atoms with Crippen LogP contribution in [0.4, 0.5) is 0 Å². The Morgan fingerprint density at radius 1 is 0.944 bits per heavy atom. The minimum atomic E-state index is 1.07. The maximum absolute atomic E-state index is 3.58. The molecule has 3 aromatic rings. The second kappa shape index (κ2) is 3.26. The molecule has 0 aliphatic heterocycles. The Balaban J connectivity index is 2.07. The number of hydrogen-bond donors (Lipinski definition) is 1. The number of nitrogens with one attached hydrogen (secondary N) is 1. The van der Waals surface area contributed by atoms with Crippen LogP contribution in [0.3, 0.4) is 0 Å². The zero-order valence-corrected chi connectivity index (χ0v) is 10.7. The first-order valence-corrected chi connectivity index (χ1v) is 6.45. The van der Waals surface area contributed by atoms with Crippen molar-refractivity contribution in [2.45, 2.75) is 20.3 Å². The number of para-hydroxylation sites is 1. The van der Waals surface area contributed by atoms with E-state index >= 15 is 0 Å². The highest BCUT2D eigenvalue weighted by atomic mass is 14.7. The van der Waals surface area contributed by atoms with Gasteiger partial charge in [0.05, 0.1) is 5.69 Å². The molecule has 88 valence electrons. The van der Waals surface area contributed by atoms with E-state index in [4.69, 9.17) is 0 Å². The number of aryl methyl sites for hydroxylation is 1. The smallest absolute Gasteiger partial charge is 0.0503 e. The van der Waals surface area contributed by atoms with E-state index in [9.17, 15) is 0 Å². The normalized spacial score (nSPS) is 12.8. The summed E-state index contributed by atoms with van der Waals surface area (Å²) in [6.45, 7) is 4.43. The molecule has 1 aliphatic carbocycles. The van der Waals surface area contributed by atoms with Gasteiger partial charge in [0, 0.05) is 22.9 Å². The van der Waals surface area contributed by atoms with Crippen LogP contribution in [0.1, 0.15) is 22.3 Å². The maximum atomic E-state index is 3.58. The molecule has 0 saturated heterocycles. The van der Waals surface area contributed by atoms with Crippen molar-refractivity contribution in [3.63, 3.8) is 0 Å². The van der Waals surface area contributed by atoms with Gasteiger partial charge in [0.25, 0.3) is 0 Å². The Kier molecular flexibility index (Phi) is 1.80. The van der Waals surface area contributed by atoms with Crippen LogP contribution in [0.25, 0.3) is 22.2 Å². The molecule has 2 aromatic carbocycles. The predicted molar refractivity (Wildman–Crippen MR) is 76.0 cm³/mol. The van der Waals surface area contributed by atoms with Gasteiger partial charge < -0.3 is 4.98 Å². The topological polar surface area (TPSA) is 15.8 Å². The first kappa shape index (κ1) is 9.95. The lowest BCUT2D eigenvalue weighted by molar-refractivity contribution is 1.20. The van der Waals surface area contributed by atoms with Crippen LogP contribution >= 0.6 is 0 Å². The Bertz CT molecular complexity index is 778. The van der Waals surface area contributed by atoms with Crippen molar-refractivity contribution in [2.75, 3.05) is 0 Å². The molecule has 0 atom stereocenters. The van der Waals surface area contributed by atoms with Gasteiger partial charge in [-0.2, -0.15) is 0 Å². The second-order valence-corrected chi connectivity index (χ2v) is 5.23. The Hall–Kier alpha value is -2.02. The minimum Gasteiger partial charge on any atom is -0.354 e. The molecule has 0 saturated carbocycles. The molecule has 0 radical (unpaired) electrons. The van der Waals surface area contributed by atoms with Gasteiger partial charge in [-0.1, -0.05) is 30.3 Å². The average molecular weight is 233 g/mol. The molecule has 1 aliphatic rings. The number of H-pyrrole nitrogens is 1. The number of benzene rings is 2. The molecule has 1 heterocycles. The molecular formula is C17H15N. The Morgan fingerprint density at radius 2 is 1.78 bits per heavy atom. The summed E-state index contributed by atoms with van der Waals surface area (Å²) >= 11 is 0. The molecule has 0 unspecified atom stereocenters. The summed E-state index contributed by atoms with van der Waals surface area (Å²) in [6.07, 6.45) is 1.07. The number of aromatic amines is 1. The lowest BCUT2D eigenvalue weighted by Crippen LogP contribution is -1.90. The van der Waals surface area contributed by atoms with E-state index in [1.54, 1.807) is 0 Å². The monoisotopic (exact) mass is 233 g/mol. The number of aromatic nitrogens is 1. The lowest BCUT2D eigenvalue weighted by atomic mass is 9.98. The molecule has 0 fully saturated rings. The third-order valence-corrected chi connectivity index (χ3v) is 4.31. The first-order valence-electron chi connectivity index (χ1n) is 6.45. The molecule has 0 spiro atoms.